The minimum Gasteiger partial charge on any atom is -0.370 e. The number of hydrogen-bond donors (Lipinski definition) is 3. The molecule has 2 aromatic carbocycles. The summed E-state index contributed by atoms with van der Waals surface area (Å²) in [7, 11) is 2.04. The van der Waals surface area contributed by atoms with Crippen molar-refractivity contribution in [2.24, 2.45) is 0 Å². The molecule has 1 aliphatic rings. The molecule has 1 fully saturated rings. The Bertz CT molecular complexity index is 763. The van der Waals surface area contributed by atoms with E-state index in [4.69, 9.17) is 16.3 Å². The molecule has 3 atom stereocenters. The Morgan fingerprint density at radius 1 is 1.14 bits per heavy atom. The molecule has 0 spiro atoms. The molecule has 0 radical (unpaired) electrons. The fourth-order valence-corrected chi connectivity index (χ4v) is 4.28. The number of carbonyl (C=O) groups is 1. The Balaban J connectivity index is 1.59. The normalized spacial score (nSPS) is 18.0. The van der Waals surface area contributed by atoms with Crippen LogP contribution in [-0.4, -0.2) is 51.8 Å². The van der Waals surface area contributed by atoms with Crippen LogP contribution in [-0.2, 0) is 16.1 Å². The van der Waals surface area contributed by atoms with Crippen LogP contribution in [0, 0.1) is 0 Å². The molecule has 1 unspecified atom stereocenters. The second kappa shape index (κ2) is 10.7. The highest BCUT2D eigenvalue weighted by molar-refractivity contribution is 6.30. The van der Waals surface area contributed by atoms with Gasteiger partial charge in [0, 0.05) is 16.1 Å². The van der Waals surface area contributed by atoms with Crippen LogP contribution < -0.4 is 15.1 Å². The van der Waals surface area contributed by atoms with Crippen molar-refractivity contribution in [1.82, 2.24) is 5.32 Å². The second-order valence-electron chi connectivity index (χ2n) is 7.95. The lowest BCUT2D eigenvalue weighted by atomic mass is 9.98. The second-order valence-corrected chi connectivity index (χ2v) is 8.39. The SMILES string of the molecule is C[C@@H](NC(=O)C[NH+](C)Cc1ccc(Cl)cc1)[C@H](c1ccccc1)[NH+]1CCOCC1. The standard InChI is InChI=1S/C23H30ClN3O2/c1-18(23(20-6-4-3-5-7-20)27-12-14-29-15-13-27)25-22(28)17-26(2)16-19-8-10-21(24)11-9-19/h3-11,18,23H,12-17H2,1-2H3,(H,25,28)/p+2/t18-,23-/m1/s1. The number of carbonyl (C=O) groups excluding carboxylic acids is 1. The summed E-state index contributed by atoms with van der Waals surface area (Å²) >= 11 is 5.95. The number of nitrogens with one attached hydrogen (secondary N) is 3. The van der Waals surface area contributed by atoms with E-state index in [-0.39, 0.29) is 18.0 Å². The van der Waals surface area contributed by atoms with Gasteiger partial charge in [-0.05, 0) is 19.1 Å². The molecular formula is C23H32ClN3O2+2. The van der Waals surface area contributed by atoms with Crippen LogP contribution in [0.2, 0.25) is 5.02 Å². The summed E-state index contributed by atoms with van der Waals surface area (Å²) in [6.07, 6.45) is 0. The smallest absolute Gasteiger partial charge is 0.275 e. The van der Waals surface area contributed by atoms with E-state index in [1.165, 1.54) is 16.0 Å². The molecule has 0 aromatic heterocycles. The molecule has 6 heteroatoms. The van der Waals surface area contributed by atoms with Crippen LogP contribution in [0.4, 0.5) is 0 Å². The quantitative estimate of drug-likeness (QED) is 0.586. The zero-order valence-electron chi connectivity index (χ0n) is 17.3. The fraction of sp³-hybridized carbons (Fsp3) is 0.435. The summed E-state index contributed by atoms with van der Waals surface area (Å²) in [5, 5.41) is 3.99. The molecule has 3 N–H and O–H groups in total. The minimum atomic E-state index is 0.0429. The van der Waals surface area contributed by atoms with Gasteiger partial charge in [-0.3, -0.25) is 4.79 Å². The van der Waals surface area contributed by atoms with Gasteiger partial charge < -0.3 is 19.9 Å². The van der Waals surface area contributed by atoms with Crippen molar-refractivity contribution in [1.29, 1.82) is 0 Å². The molecule has 0 bridgehead atoms. The summed E-state index contributed by atoms with van der Waals surface area (Å²) in [5.41, 5.74) is 2.44. The molecule has 1 saturated heterocycles. The third kappa shape index (κ3) is 6.54. The molecule has 3 rings (SSSR count). The van der Waals surface area contributed by atoms with E-state index in [2.05, 4.69) is 36.5 Å². The van der Waals surface area contributed by atoms with Crippen molar-refractivity contribution < 1.29 is 19.3 Å². The first-order valence-corrected chi connectivity index (χ1v) is 10.7. The van der Waals surface area contributed by atoms with Crippen molar-refractivity contribution in [2.45, 2.75) is 25.6 Å². The lowest BCUT2D eigenvalue weighted by Gasteiger charge is -2.35. The number of likely N-dealkylation sites (N-methyl/N-ethyl adjacent to an activating group) is 1. The molecule has 156 valence electrons. The van der Waals surface area contributed by atoms with Gasteiger partial charge in [0.05, 0.1) is 26.3 Å². The van der Waals surface area contributed by atoms with Crippen LogP contribution in [0.15, 0.2) is 54.6 Å². The third-order valence-corrected chi connectivity index (χ3v) is 5.76. The van der Waals surface area contributed by atoms with Crippen LogP contribution in [0.25, 0.3) is 0 Å². The molecule has 1 amide bonds. The zero-order valence-corrected chi connectivity index (χ0v) is 18.0. The summed E-state index contributed by atoms with van der Waals surface area (Å²) < 4.78 is 5.54. The van der Waals surface area contributed by atoms with E-state index in [1.807, 2.05) is 37.4 Å². The largest absolute Gasteiger partial charge is 0.370 e. The van der Waals surface area contributed by atoms with Gasteiger partial charge in [0.15, 0.2) is 6.54 Å². The maximum absolute atomic E-state index is 12.7. The zero-order chi connectivity index (χ0) is 20.6. The number of halogens is 1. The summed E-state index contributed by atoms with van der Waals surface area (Å²) in [4.78, 5) is 15.4. The fourth-order valence-electron chi connectivity index (χ4n) is 4.16. The van der Waals surface area contributed by atoms with E-state index in [9.17, 15) is 4.79 Å². The van der Waals surface area contributed by atoms with Gasteiger partial charge >= 0.3 is 0 Å². The third-order valence-electron chi connectivity index (χ3n) is 5.50. The van der Waals surface area contributed by atoms with Crippen molar-refractivity contribution >= 4 is 17.5 Å². The summed E-state index contributed by atoms with van der Waals surface area (Å²) in [6, 6.07) is 18.6. The number of quaternary nitrogens is 2. The van der Waals surface area contributed by atoms with Crippen LogP contribution in [0.5, 0.6) is 0 Å². The average molecular weight is 418 g/mol. The highest BCUT2D eigenvalue weighted by atomic mass is 35.5. The number of ether oxygens (including phenoxy) is 1. The first-order valence-electron chi connectivity index (χ1n) is 10.4. The Morgan fingerprint density at radius 3 is 2.45 bits per heavy atom. The van der Waals surface area contributed by atoms with Gasteiger partial charge in [-0.15, -0.1) is 0 Å². The van der Waals surface area contributed by atoms with Crippen molar-refractivity contribution in [3.05, 3.63) is 70.7 Å². The van der Waals surface area contributed by atoms with Gasteiger partial charge in [-0.25, -0.2) is 0 Å². The molecule has 29 heavy (non-hydrogen) atoms. The number of benzene rings is 2. The Hall–Kier alpha value is -1.92. The number of morpholine rings is 1. The molecule has 1 aliphatic heterocycles. The van der Waals surface area contributed by atoms with Crippen molar-refractivity contribution in [3.8, 4) is 0 Å². The number of hydrogen-bond acceptors (Lipinski definition) is 2. The van der Waals surface area contributed by atoms with E-state index in [1.54, 1.807) is 0 Å². The lowest BCUT2D eigenvalue weighted by molar-refractivity contribution is -0.940. The predicted molar refractivity (Wildman–Crippen MR) is 115 cm³/mol. The molecule has 0 aliphatic carbocycles. The molecule has 5 nitrogen and oxygen atoms in total. The van der Waals surface area contributed by atoms with Crippen LogP contribution in [0.1, 0.15) is 24.1 Å². The Morgan fingerprint density at radius 2 is 1.79 bits per heavy atom. The molecule has 2 aromatic rings. The average Bonchev–Trinajstić information content (AvgIpc) is 2.71. The summed E-state index contributed by atoms with van der Waals surface area (Å²) in [5.74, 6) is 0.0811. The number of amides is 1. The maximum Gasteiger partial charge on any atom is 0.275 e. The Kier molecular flexibility index (Phi) is 8.07. The van der Waals surface area contributed by atoms with Crippen LogP contribution in [0.3, 0.4) is 0 Å². The van der Waals surface area contributed by atoms with Gasteiger partial charge in [-0.2, -0.15) is 0 Å². The van der Waals surface area contributed by atoms with E-state index in [0.717, 1.165) is 42.8 Å². The predicted octanol–water partition coefficient (Wildman–Crippen LogP) is 0.516. The first-order chi connectivity index (χ1) is 14.0. The highest BCUT2D eigenvalue weighted by Gasteiger charge is 2.32. The van der Waals surface area contributed by atoms with Gasteiger partial charge in [0.25, 0.3) is 5.91 Å². The van der Waals surface area contributed by atoms with Gasteiger partial charge in [0.1, 0.15) is 25.7 Å². The highest BCUT2D eigenvalue weighted by Crippen LogP contribution is 2.14. The monoisotopic (exact) mass is 417 g/mol. The van der Waals surface area contributed by atoms with Crippen molar-refractivity contribution in [2.75, 3.05) is 39.9 Å². The minimum absolute atomic E-state index is 0.0429. The van der Waals surface area contributed by atoms with E-state index in [0.29, 0.717) is 6.54 Å². The van der Waals surface area contributed by atoms with E-state index < -0.39 is 0 Å². The molecule has 1 heterocycles. The first kappa shape index (κ1) is 21.8. The maximum atomic E-state index is 12.7. The number of rotatable bonds is 8. The topological polar surface area (TPSA) is 47.2 Å². The molecular weight excluding hydrogens is 386 g/mol. The van der Waals surface area contributed by atoms with Gasteiger partial charge in [0.2, 0.25) is 0 Å². The lowest BCUT2D eigenvalue weighted by Crippen LogP contribution is -3.15. The van der Waals surface area contributed by atoms with Gasteiger partial charge in [-0.1, -0.05) is 54.1 Å². The van der Waals surface area contributed by atoms with E-state index >= 15 is 0 Å². The van der Waals surface area contributed by atoms with Crippen LogP contribution >= 0.6 is 11.6 Å². The summed E-state index contributed by atoms with van der Waals surface area (Å²) in [6.45, 7) is 6.80. The van der Waals surface area contributed by atoms with Crippen molar-refractivity contribution in [3.63, 3.8) is 0 Å². The Labute approximate surface area is 178 Å². The molecule has 0 saturated carbocycles.